The fourth-order valence-corrected chi connectivity index (χ4v) is 2.42. The molecule has 0 aliphatic heterocycles. The number of aliphatic hydroxyl groups is 1. The summed E-state index contributed by atoms with van der Waals surface area (Å²) in [6.07, 6.45) is 4.45. The van der Waals surface area contributed by atoms with Gasteiger partial charge in [0.2, 0.25) is 5.91 Å². The summed E-state index contributed by atoms with van der Waals surface area (Å²) >= 11 is 0. The van der Waals surface area contributed by atoms with Crippen LogP contribution in [0, 0.1) is 0 Å². The van der Waals surface area contributed by atoms with E-state index in [0.717, 1.165) is 32.1 Å². The third-order valence-electron chi connectivity index (χ3n) is 3.36. The van der Waals surface area contributed by atoms with Gasteiger partial charge in [0.1, 0.15) is 11.9 Å². The van der Waals surface area contributed by atoms with Crippen LogP contribution in [0.25, 0.3) is 0 Å². The van der Waals surface area contributed by atoms with Crippen LogP contribution >= 0.6 is 0 Å². The average Bonchev–Trinajstić information content (AvgIpc) is 2.55. The van der Waals surface area contributed by atoms with Crippen LogP contribution in [-0.2, 0) is 4.79 Å². The second kappa shape index (κ2) is 6.57. The van der Waals surface area contributed by atoms with Crippen molar-refractivity contribution < 1.29 is 14.6 Å². The smallest absolute Gasteiger partial charge is 0.221 e. The van der Waals surface area contributed by atoms with E-state index in [2.05, 4.69) is 5.32 Å². The van der Waals surface area contributed by atoms with E-state index >= 15 is 0 Å². The Bertz CT molecular complexity index is 433. The number of carbonyl (C=O) groups is 1. The van der Waals surface area contributed by atoms with E-state index in [1.54, 1.807) is 6.07 Å². The predicted molar refractivity (Wildman–Crippen MR) is 74.3 cm³/mol. The number of anilines is 1. The monoisotopic (exact) mass is 263 g/mol. The first-order chi connectivity index (χ1) is 9.15. The van der Waals surface area contributed by atoms with Crippen molar-refractivity contribution in [2.75, 3.05) is 5.32 Å². The van der Waals surface area contributed by atoms with Gasteiger partial charge in [0.15, 0.2) is 0 Å². The molecule has 1 aliphatic carbocycles. The predicted octanol–water partition coefficient (Wildman–Crippen LogP) is 2.72. The molecule has 1 aliphatic rings. The zero-order valence-electron chi connectivity index (χ0n) is 11.3. The summed E-state index contributed by atoms with van der Waals surface area (Å²) in [6.45, 7) is 1.47. The maximum Gasteiger partial charge on any atom is 0.221 e. The first-order valence-corrected chi connectivity index (χ1v) is 6.87. The highest BCUT2D eigenvalue weighted by molar-refractivity contribution is 5.88. The number of carbonyl (C=O) groups excluding carboxylic acids is 1. The number of hydrogen-bond acceptors (Lipinski definition) is 3. The number of ether oxygens (including phenoxy) is 1. The summed E-state index contributed by atoms with van der Waals surface area (Å²) in [5.74, 6) is 0.587. The van der Waals surface area contributed by atoms with Crippen molar-refractivity contribution in [1.82, 2.24) is 0 Å². The summed E-state index contributed by atoms with van der Waals surface area (Å²) in [5.41, 5.74) is 0.716. The second-order valence-electron chi connectivity index (χ2n) is 5.07. The Morgan fingerprint density at radius 1 is 1.32 bits per heavy atom. The Morgan fingerprint density at radius 3 is 2.89 bits per heavy atom. The van der Waals surface area contributed by atoms with Crippen molar-refractivity contribution in [1.29, 1.82) is 0 Å². The van der Waals surface area contributed by atoms with Gasteiger partial charge in [-0.15, -0.1) is 0 Å². The van der Waals surface area contributed by atoms with Crippen molar-refractivity contribution in [2.45, 2.75) is 51.2 Å². The molecule has 1 aromatic rings. The molecule has 0 radical (unpaired) electrons. The molecule has 0 bridgehead atoms. The Kier molecular flexibility index (Phi) is 4.80. The highest BCUT2D eigenvalue weighted by Gasteiger charge is 2.23. The van der Waals surface area contributed by atoms with E-state index in [9.17, 15) is 9.90 Å². The van der Waals surface area contributed by atoms with Gasteiger partial charge in [0.25, 0.3) is 0 Å². The highest BCUT2D eigenvalue weighted by atomic mass is 16.5. The molecule has 4 nitrogen and oxygen atoms in total. The van der Waals surface area contributed by atoms with Gasteiger partial charge in [-0.2, -0.15) is 0 Å². The highest BCUT2D eigenvalue weighted by Crippen LogP contribution is 2.25. The molecule has 104 valence electrons. The van der Waals surface area contributed by atoms with Gasteiger partial charge in [-0.05, 0) is 31.4 Å². The van der Waals surface area contributed by atoms with Crippen LogP contribution in [0.4, 0.5) is 5.69 Å². The van der Waals surface area contributed by atoms with Crippen LogP contribution in [-0.4, -0.2) is 23.2 Å². The molecule has 1 amide bonds. The Morgan fingerprint density at radius 2 is 2.11 bits per heavy atom. The quantitative estimate of drug-likeness (QED) is 0.824. The van der Waals surface area contributed by atoms with Gasteiger partial charge >= 0.3 is 0 Å². The van der Waals surface area contributed by atoms with E-state index in [0.29, 0.717) is 11.4 Å². The maximum atomic E-state index is 11.0. The van der Waals surface area contributed by atoms with Crippen LogP contribution in [0.15, 0.2) is 24.3 Å². The Hall–Kier alpha value is -1.55. The third kappa shape index (κ3) is 4.24. The minimum atomic E-state index is -0.396. The zero-order chi connectivity index (χ0) is 13.7. The lowest BCUT2D eigenvalue weighted by Crippen LogP contribution is -2.30. The third-order valence-corrected chi connectivity index (χ3v) is 3.36. The van der Waals surface area contributed by atoms with Gasteiger partial charge in [0, 0.05) is 18.7 Å². The van der Waals surface area contributed by atoms with E-state index < -0.39 is 6.10 Å². The van der Waals surface area contributed by atoms with E-state index in [1.807, 2.05) is 18.2 Å². The van der Waals surface area contributed by atoms with Crippen LogP contribution in [0.1, 0.15) is 39.0 Å². The minimum absolute atomic E-state index is 0.105. The molecule has 2 unspecified atom stereocenters. The van der Waals surface area contributed by atoms with Gasteiger partial charge < -0.3 is 15.2 Å². The van der Waals surface area contributed by atoms with Gasteiger partial charge in [0.05, 0.1) is 6.10 Å². The van der Waals surface area contributed by atoms with Crippen LogP contribution in [0.2, 0.25) is 0 Å². The largest absolute Gasteiger partial charge is 0.488 e. The van der Waals surface area contributed by atoms with Crippen LogP contribution in [0.5, 0.6) is 5.75 Å². The zero-order valence-corrected chi connectivity index (χ0v) is 11.3. The fraction of sp³-hybridized carbons (Fsp3) is 0.533. The average molecular weight is 263 g/mol. The summed E-state index contributed by atoms with van der Waals surface area (Å²) in [6, 6.07) is 7.30. The molecule has 19 heavy (non-hydrogen) atoms. The Balaban J connectivity index is 2.03. The van der Waals surface area contributed by atoms with Crippen LogP contribution < -0.4 is 10.1 Å². The Labute approximate surface area is 113 Å². The van der Waals surface area contributed by atoms with Crippen molar-refractivity contribution in [2.24, 2.45) is 0 Å². The number of hydrogen-bond donors (Lipinski definition) is 2. The molecule has 0 aromatic heterocycles. The summed E-state index contributed by atoms with van der Waals surface area (Å²) < 4.78 is 5.87. The molecule has 2 N–H and O–H groups in total. The standard InChI is InChI=1S/C15H21NO3/c1-11(17)16-12-6-5-7-13(10-12)19-15-9-4-2-3-8-14(15)18/h5-7,10,14-15,18H,2-4,8-9H2,1H3,(H,16,17). The van der Waals surface area contributed by atoms with Gasteiger partial charge in [-0.1, -0.05) is 18.9 Å². The maximum absolute atomic E-state index is 11.0. The first kappa shape index (κ1) is 13.9. The van der Waals surface area contributed by atoms with E-state index in [4.69, 9.17) is 4.74 Å². The SMILES string of the molecule is CC(=O)Nc1cccc(OC2CCCCCC2O)c1. The molecule has 2 rings (SSSR count). The van der Waals surface area contributed by atoms with Crippen molar-refractivity contribution in [3.63, 3.8) is 0 Å². The summed E-state index contributed by atoms with van der Waals surface area (Å²) in [4.78, 5) is 11.0. The van der Waals surface area contributed by atoms with E-state index in [-0.39, 0.29) is 12.0 Å². The lowest BCUT2D eigenvalue weighted by molar-refractivity contribution is -0.114. The van der Waals surface area contributed by atoms with Crippen LogP contribution in [0.3, 0.4) is 0 Å². The molecule has 0 saturated heterocycles. The number of aliphatic hydroxyl groups excluding tert-OH is 1. The number of nitrogens with one attached hydrogen (secondary N) is 1. The molecule has 4 heteroatoms. The molecule has 0 heterocycles. The normalized spacial score (nSPS) is 23.5. The van der Waals surface area contributed by atoms with Gasteiger partial charge in [-0.25, -0.2) is 0 Å². The lowest BCUT2D eigenvalue weighted by atomic mass is 10.1. The van der Waals surface area contributed by atoms with Crippen molar-refractivity contribution in [3.05, 3.63) is 24.3 Å². The molecule has 0 spiro atoms. The lowest BCUT2D eigenvalue weighted by Gasteiger charge is -2.22. The minimum Gasteiger partial charge on any atom is -0.488 e. The van der Waals surface area contributed by atoms with Gasteiger partial charge in [-0.3, -0.25) is 4.79 Å². The fourth-order valence-electron chi connectivity index (χ4n) is 2.42. The number of rotatable bonds is 3. The molecule has 2 atom stereocenters. The molecule has 1 aromatic carbocycles. The number of benzene rings is 1. The van der Waals surface area contributed by atoms with Crippen molar-refractivity contribution in [3.8, 4) is 5.75 Å². The molecular formula is C15H21NO3. The summed E-state index contributed by atoms with van der Waals surface area (Å²) in [7, 11) is 0. The second-order valence-corrected chi connectivity index (χ2v) is 5.07. The molecule has 1 fully saturated rings. The number of amides is 1. The topological polar surface area (TPSA) is 58.6 Å². The van der Waals surface area contributed by atoms with Crippen molar-refractivity contribution >= 4 is 11.6 Å². The first-order valence-electron chi connectivity index (χ1n) is 6.87. The molecular weight excluding hydrogens is 242 g/mol. The molecule has 1 saturated carbocycles. The summed E-state index contributed by atoms with van der Waals surface area (Å²) in [5, 5.41) is 12.8. The van der Waals surface area contributed by atoms with E-state index in [1.165, 1.54) is 6.92 Å².